The van der Waals surface area contributed by atoms with Crippen LogP contribution in [-0.2, 0) is 4.79 Å². The molecule has 0 spiro atoms. The average Bonchev–Trinajstić information content (AvgIpc) is 2.68. The van der Waals surface area contributed by atoms with Gasteiger partial charge in [0, 0.05) is 50.3 Å². The monoisotopic (exact) mass is 352 g/mol. The summed E-state index contributed by atoms with van der Waals surface area (Å²) in [7, 11) is 0. The Kier molecular flexibility index (Phi) is 5.51. The molecule has 2 amide bonds. The summed E-state index contributed by atoms with van der Waals surface area (Å²) in [5.41, 5.74) is 3.67. The summed E-state index contributed by atoms with van der Waals surface area (Å²) in [5, 5.41) is 0. The highest BCUT2D eigenvalue weighted by atomic mass is 16.2. The predicted octanol–water partition coefficient (Wildman–Crippen LogP) is 2.46. The zero-order chi connectivity index (χ0) is 18.5. The van der Waals surface area contributed by atoms with Crippen LogP contribution in [0.1, 0.15) is 23.0 Å². The second kappa shape index (κ2) is 7.99. The van der Waals surface area contributed by atoms with E-state index in [1.807, 2.05) is 18.2 Å². The van der Waals surface area contributed by atoms with E-state index in [1.165, 1.54) is 5.56 Å². The number of pyridine rings is 1. The average molecular weight is 352 g/mol. The van der Waals surface area contributed by atoms with Crippen LogP contribution in [-0.4, -0.2) is 59.8 Å². The van der Waals surface area contributed by atoms with Crippen LogP contribution in [0.15, 0.2) is 42.6 Å². The SMILES string of the molecule is CCN(c1cccc(C)c1)c1ccnc(C(=O)N2CCN(C=O)CC2)c1. The number of anilines is 2. The van der Waals surface area contributed by atoms with E-state index in [2.05, 4.69) is 41.9 Å². The zero-order valence-electron chi connectivity index (χ0n) is 15.3. The van der Waals surface area contributed by atoms with Crippen molar-refractivity contribution in [3.8, 4) is 0 Å². The second-order valence-electron chi connectivity index (χ2n) is 6.42. The predicted molar refractivity (Wildman–Crippen MR) is 102 cm³/mol. The summed E-state index contributed by atoms with van der Waals surface area (Å²) >= 11 is 0. The van der Waals surface area contributed by atoms with Crippen molar-refractivity contribution in [1.29, 1.82) is 0 Å². The Morgan fingerprint density at radius 1 is 1.15 bits per heavy atom. The molecular weight excluding hydrogens is 328 g/mol. The Hall–Kier alpha value is -2.89. The fraction of sp³-hybridized carbons (Fsp3) is 0.350. The standard InChI is InChI=1S/C20H24N4O2/c1-3-24(17-6-4-5-16(2)13-17)18-7-8-21-19(14-18)20(26)23-11-9-22(15-25)10-12-23/h4-8,13-15H,3,9-12H2,1-2H3. The molecule has 1 fully saturated rings. The Morgan fingerprint density at radius 2 is 1.88 bits per heavy atom. The molecule has 6 heteroatoms. The van der Waals surface area contributed by atoms with Crippen LogP contribution in [0.25, 0.3) is 0 Å². The van der Waals surface area contributed by atoms with Crippen molar-refractivity contribution >= 4 is 23.7 Å². The lowest BCUT2D eigenvalue weighted by Gasteiger charge is -2.32. The summed E-state index contributed by atoms with van der Waals surface area (Å²) < 4.78 is 0. The molecule has 6 nitrogen and oxygen atoms in total. The van der Waals surface area contributed by atoms with E-state index >= 15 is 0 Å². The van der Waals surface area contributed by atoms with Crippen LogP contribution in [0.2, 0.25) is 0 Å². The molecule has 1 aromatic heterocycles. The molecule has 0 unspecified atom stereocenters. The normalized spacial score (nSPS) is 14.2. The van der Waals surface area contributed by atoms with Gasteiger partial charge >= 0.3 is 0 Å². The van der Waals surface area contributed by atoms with E-state index in [9.17, 15) is 9.59 Å². The molecule has 26 heavy (non-hydrogen) atoms. The van der Waals surface area contributed by atoms with E-state index in [1.54, 1.807) is 16.0 Å². The number of rotatable bonds is 5. The number of nitrogens with zero attached hydrogens (tertiary/aromatic N) is 4. The highest BCUT2D eigenvalue weighted by molar-refractivity contribution is 5.93. The fourth-order valence-corrected chi connectivity index (χ4v) is 3.21. The molecule has 3 rings (SSSR count). The van der Waals surface area contributed by atoms with Crippen molar-refractivity contribution in [2.75, 3.05) is 37.6 Å². The highest BCUT2D eigenvalue weighted by Gasteiger charge is 2.23. The van der Waals surface area contributed by atoms with E-state index < -0.39 is 0 Å². The van der Waals surface area contributed by atoms with Gasteiger partial charge < -0.3 is 14.7 Å². The highest BCUT2D eigenvalue weighted by Crippen LogP contribution is 2.26. The molecule has 0 saturated carbocycles. The summed E-state index contributed by atoms with van der Waals surface area (Å²) in [5.74, 6) is -0.0855. The van der Waals surface area contributed by atoms with Crippen molar-refractivity contribution < 1.29 is 9.59 Å². The molecule has 0 N–H and O–H groups in total. The van der Waals surface area contributed by atoms with Gasteiger partial charge in [-0.25, -0.2) is 0 Å². The Bertz CT molecular complexity index is 785. The van der Waals surface area contributed by atoms with Crippen molar-refractivity contribution in [3.63, 3.8) is 0 Å². The molecule has 1 saturated heterocycles. The molecule has 0 bridgehead atoms. The number of piperazine rings is 1. The van der Waals surface area contributed by atoms with E-state index in [0.717, 1.165) is 24.3 Å². The minimum absolute atomic E-state index is 0.0855. The number of aryl methyl sites for hydroxylation is 1. The molecule has 0 radical (unpaired) electrons. The number of carbonyl (C=O) groups excluding carboxylic acids is 2. The first-order chi connectivity index (χ1) is 12.6. The van der Waals surface area contributed by atoms with Gasteiger partial charge in [-0.05, 0) is 43.7 Å². The second-order valence-corrected chi connectivity index (χ2v) is 6.42. The summed E-state index contributed by atoms with van der Waals surface area (Å²) in [6.07, 6.45) is 2.52. The first-order valence-corrected chi connectivity index (χ1v) is 8.91. The number of carbonyl (C=O) groups is 2. The lowest BCUT2D eigenvalue weighted by atomic mass is 10.2. The number of amides is 2. The van der Waals surface area contributed by atoms with Crippen molar-refractivity contribution in [3.05, 3.63) is 53.9 Å². The number of hydrogen-bond acceptors (Lipinski definition) is 4. The zero-order valence-corrected chi connectivity index (χ0v) is 15.3. The minimum Gasteiger partial charge on any atom is -0.342 e. The van der Waals surface area contributed by atoms with E-state index in [0.29, 0.717) is 31.9 Å². The quantitative estimate of drug-likeness (QED) is 0.776. The van der Waals surface area contributed by atoms with Gasteiger partial charge in [-0.3, -0.25) is 14.6 Å². The molecule has 1 aliphatic rings. The Labute approximate surface area is 154 Å². The Balaban J connectivity index is 1.81. The molecule has 0 aliphatic carbocycles. The van der Waals surface area contributed by atoms with Gasteiger partial charge in [0.25, 0.3) is 5.91 Å². The van der Waals surface area contributed by atoms with Crippen molar-refractivity contribution in [2.45, 2.75) is 13.8 Å². The van der Waals surface area contributed by atoms with Crippen LogP contribution in [0.5, 0.6) is 0 Å². The third-order valence-corrected chi connectivity index (χ3v) is 4.65. The van der Waals surface area contributed by atoms with Crippen molar-refractivity contribution in [2.24, 2.45) is 0 Å². The van der Waals surface area contributed by atoms with Gasteiger partial charge in [0.15, 0.2) is 0 Å². The minimum atomic E-state index is -0.0855. The van der Waals surface area contributed by atoms with Gasteiger partial charge in [0.2, 0.25) is 6.41 Å². The maximum absolute atomic E-state index is 12.8. The molecule has 2 aromatic rings. The van der Waals surface area contributed by atoms with Crippen LogP contribution in [0.4, 0.5) is 11.4 Å². The maximum atomic E-state index is 12.8. The first kappa shape index (κ1) is 17.9. The molecular formula is C20H24N4O2. The first-order valence-electron chi connectivity index (χ1n) is 8.91. The summed E-state index contributed by atoms with van der Waals surface area (Å²) in [4.78, 5) is 33.5. The van der Waals surface area contributed by atoms with Crippen molar-refractivity contribution in [1.82, 2.24) is 14.8 Å². The van der Waals surface area contributed by atoms with Gasteiger partial charge in [-0.1, -0.05) is 12.1 Å². The summed E-state index contributed by atoms with van der Waals surface area (Å²) in [6, 6.07) is 12.1. The third kappa shape index (κ3) is 3.85. The molecule has 136 valence electrons. The molecule has 0 atom stereocenters. The van der Waals surface area contributed by atoms with Crippen LogP contribution < -0.4 is 4.90 Å². The third-order valence-electron chi connectivity index (χ3n) is 4.65. The maximum Gasteiger partial charge on any atom is 0.272 e. The lowest BCUT2D eigenvalue weighted by Crippen LogP contribution is -2.48. The van der Waals surface area contributed by atoms with E-state index in [4.69, 9.17) is 0 Å². The number of benzene rings is 1. The van der Waals surface area contributed by atoms with Gasteiger partial charge in [-0.15, -0.1) is 0 Å². The summed E-state index contributed by atoms with van der Waals surface area (Å²) in [6.45, 7) is 7.16. The van der Waals surface area contributed by atoms with E-state index in [-0.39, 0.29) is 5.91 Å². The molecule has 2 heterocycles. The molecule has 1 aromatic carbocycles. The van der Waals surface area contributed by atoms with Crippen LogP contribution >= 0.6 is 0 Å². The van der Waals surface area contributed by atoms with Gasteiger partial charge in [-0.2, -0.15) is 0 Å². The number of hydrogen-bond donors (Lipinski definition) is 0. The van der Waals surface area contributed by atoms with Gasteiger partial charge in [0.1, 0.15) is 5.69 Å². The largest absolute Gasteiger partial charge is 0.342 e. The van der Waals surface area contributed by atoms with Gasteiger partial charge in [0.05, 0.1) is 0 Å². The topological polar surface area (TPSA) is 56.8 Å². The molecule has 1 aliphatic heterocycles. The van der Waals surface area contributed by atoms with Crippen LogP contribution in [0, 0.1) is 6.92 Å². The fourth-order valence-electron chi connectivity index (χ4n) is 3.21. The Morgan fingerprint density at radius 3 is 2.54 bits per heavy atom. The number of aromatic nitrogens is 1. The lowest BCUT2D eigenvalue weighted by molar-refractivity contribution is -0.119. The smallest absolute Gasteiger partial charge is 0.272 e. The van der Waals surface area contributed by atoms with Crippen LogP contribution in [0.3, 0.4) is 0 Å².